The van der Waals surface area contributed by atoms with Gasteiger partial charge in [-0.3, -0.25) is 14.9 Å². The molecule has 2 aromatic carbocycles. The molecule has 6 nitrogen and oxygen atoms in total. The normalized spacial score (nSPS) is 15.1. The summed E-state index contributed by atoms with van der Waals surface area (Å²) in [7, 11) is 0. The topological polar surface area (TPSA) is 81.4 Å². The van der Waals surface area contributed by atoms with Crippen LogP contribution in [-0.4, -0.2) is 16.1 Å². The zero-order valence-electron chi connectivity index (χ0n) is 16.4. The summed E-state index contributed by atoms with van der Waals surface area (Å²) in [5, 5.41) is 2.97. The van der Waals surface area contributed by atoms with Gasteiger partial charge in [0.15, 0.2) is 0 Å². The van der Waals surface area contributed by atoms with Gasteiger partial charge < -0.3 is 9.15 Å². The van der Waals surface area contributed by atoms with Crippen molar-refractivity contribution in [1.29, 1.82) is 0 Å². The van der Waals surface area contributed by atoms with Crippen molar-refractivity contribution in [3.05, 3.63) is 75.8 Å². The molecule has 4 aromatic rings. The van der Waals surface area contributed by atoms with Crippen LogP contribution >= 0.6 is 23.1 Å². The van der Waals surface area contributed by atoms with E-state index in [1.807, 2.05) is 61.5 Å². The Kier molecular flexibility index (Phi) is 5.09. The molecule has 0 atom stereocenters. The van der Waals surface area contributed by atoms with Gasteiger partial charge >= 0.3 is 0 Å². The summed E-state index contributed by atoms with van der Waals surface area (Å²) in [6.45, 7) is 2.18. The van der Waals surface area contributed by atoms with Crippen LogP contribution in [0.3, 0.4) is 0 Å². The average Bonchev–Trinajstić information content (AvgIpc) is 3.43. The monoisotopic (exact) mass is 448 g/mol. The van der Waals surface area contributed by atoms with Crippen LogP contribution in [0.25, 0.3) is 27.6 Å². The third-order valence-electron chi connectivity index (χ3n) is 4.71. The van der Waals surface area contributed by atoms with Crippen molar-refractivity contribution in [1.82, 2.24) is 10.3 Å². The molecule has 1 saturated heterocycles. The van der Waals surface area contributed by atoms with Crippen LogP contribution in [0.5, 0.6) is 5.75 Å². The first-order valence-corrected chi connectivity index (χ1v) is 11.1. The molecule has 0 saturated carbocycles. The predicted octanol–water partition coefficient (Wildman–Crippen LogP) is 5.77. The van der Waals surface area contributed by atoms with E-state index in [1.54, 1.807) is 6.08 Å². The van der Waals surface area contributed by atoms with E-state index in [2.05, 4.69) is 10.3 Å². The second-order valence-corrected chi connectivity index (χ2v) is 9.01. The van der Waals surface area contributed by atoms with Crippen molar-refractivity contribution < 1.29 is 18.7 Å². The number of carbonyl (C=O) groups is 2. The number of nitrogens with one attached hydrogen (secondary N) is 1. The second-order valence-electron chi connectivity index (χ2n) is 6.88. The Labute approximate surface area is 185 Å². The number of ether oxygens (including phenoxy) is 1. The number of hydrogen-bond acceptors (Lipinski definition) is 7. The van der Waals surface area contributed by atoms with Crippen LogP contribution in [0.2, 0.25) is 0 Å². The van der Waals surface area contributed by atoms with Gasteiger partial charge in [0.1, 0.15) is 23.8 Å². The molecule has 3 heterocycles. The number of thioether (sulfide) groups is 1. The number of carbonyl (C=O) groups excluding carboxylic acids is 2. The smallest absolute Gasteiger partial charge is 0.290 e. The number of nitrogens with zero attached hydrogens (tertiary/aromatic N) is 1. The van der Waals surface area contributed by atoms with E-state index in [-0.39, 0.29) is 11.1 Å². The van der Waals surface area contributed by atoms with Gasteiger partial charge in [0, 0.05) is 15.1 Å². The number of oxazole rings is 1. The van der Waals surface area contributed by atoms with Crippen molar-refractivity contribution in [3.63, 3.8) is 0 Å². The first kappa shape index (κ1) is 19.6. The molecule has 0 aliphatic carbocycles. The van der Waals surface area contributed by atoms with Crippen LogP contribution in [-0.2, 0) is 11.4 Å². The van der Waals surface area contributed by atoms with E-state index in [0.717, 1.165) is 49.5 Å². The summed E-state index contributed by atoms with van der Waals surface area (Å²) in [5.41, 5.74) is 1.68. The van der Waals surface area contributed by atoms with Gasteiger partial charge in [-0.1, -0.05) is 18.2 Å². The Morgan fingerprint density at radius 3 is 2.74 bits per heavy atom. The molecule has 0 bridgehead atoms. The van der Waals surface area contributed by atoms with E-state index >= 15 is 0 Å². The zero-order valence-corrected chi connectivity index (χ0v) is 18.0. The first-order valence-electron chi connectivity index (χ1n) is 9.48. The van der Waals surface area contributed by atoms with Gasteiger partial charge in [-0.2, -0.15) is 0 Å². The molecule has 31 heavy (non-hydrogen) atoms. The molecule has 1 fully saturated rings. The largest absolute Gasteiger partial charge is 0.487 e. The van der Waals surface area contributed by atoms with Crippen LogP contribution in [0.1, 0.15) is 16.3 Å². The predicted molar refractivity (Wildman–Crippen MR) is 122 cm³/mol. The number of aromatic nitrogens is 1. The Morgan fingerprint density at radius 2 is 1.97 bits per heavy atom. The molecule has 2 amide bonds. The maximum atomic E-state index is 11.7. The van der Waals surface area contributed by atoms with Gasteiger partial charge in [-0.25, -0.2) is 4.98 Å². The first-order chi connectivity index (χ1) is 15.0. The summed E-state index contributed by atoms with van der Waals surface area (Å²) < 4.78 is 12.8. The average molecular weight is 449 g/mol. The standard InChI is InChI=1S/C23H16N2O4S2/c1-13-18(24-22(29-13)14-5-3-2-4-6-14)12-28-16-8-7-15-9-17(30-19(15)10-16)11-20-21(26)25-23(27)31-20/h2-11H,12H2,1H3,(H,25,26,27). The van der Waals surface area contributed by atoms with Crippen LogP contribution < -0.4 is 10.1 Å². The van der Waals surface area contributed by atoms with E-state index in [0.29, 0.717) is 17.4 Å². The third-order valence-corrected chi connectivity index (χ3v) is 6.57. The fourth-order valence-corrected chi connectivity index (χ4v) is 4.95. The molecule has 0 spiro atoms. The van der Waals surface area contributed by atoms with Crippen molar-refractivity contribution in [2.24, 2.45) is 0 Å². The molecule has 2 aromatic heterocycles. The summed E-state index contributed by atoms with van der Waals surface area (Å²) in [6, 6.07) is 17.6. The Morgan fingerprint density at radius 1 is 1.13 bits per heavy atom. The molecule has 1 N–H and O–H groups in total. The Hall–Kier alpha value is -3.36. The van der Waals surface area contributed by atoms with Crippen LogP contribution in [0.15, 0.2) is 63.9 Å². The Bertz CT molecular complexity index is 1340. The molecule has 154 valence electrons. The minimum atomic E-state index is -0.352. The molecule has 1 aliphatic rings. The molecule has 0 radical (unpaired) electrons. The van der Waals surface area contributed by atoms with E-state index in [9.17, 15) is 9.59 Å². The highest BCUT2D eigenvalue weighted by Crippen LogP contribution is 2.33. The van der Waals surface area contributed by atoms with Gasteiger partial charge in [0.2, 0.25) is 5.89 Å². The van der Waals surface area contributed by atoms with Crippen molar-refractivity contribution in [2.45, 2.75) is 13.5 Å². The fraction of sp³-hybridized carbons (Fsp3) is 0.0870. The van der Waals surface area contributed by atoms with Crippen molar-refractivity contribution >= 4 is 50.4 Å². The minimum absolute atomic E-state index is 0.300. The highest BCUT2D eigenvalue weighted by Gasteiger charge is 2.25. The Balaban J connectivity index is 1.33. The number of amides is 2. The van der Waals surface area contributed by atoms with Crippen LogP contribution in [0.4, 0.5) is 4.79 Å². The van der Waals surface area contributed by atoms with Gasteiger partial charge in [0.05, 0.1) is 4.91 Å². The highest BCUT2D eigenvalue weighted by molar-refractivity contribution is 8.18. The number of hydrogen-bond donors (Lipinski definition) is 1. The molecule has 1 aliphatic heterocycles. The number of benzene rings is 2. The maximum Gasteiger partial charge on any atom is 0.290 e. The summed E-state index contributed by atoms with van der Waals surface area (Å²) in [5.74, 6) is 1.68. The second kappa shape index (κ2) is 8.05. The van der Waals surface area contributed by atoms with Gasteiger partial charge in [-0.05, 0) is 66.5 Å². The van der Waals surface area contributed by atoms with E-state index < -0.39 is 0 Å². The number of rotatable bonds is 5. The minimum Gasteiger partial charge on any atom is -0.487 e. The molecule has 5 rings (SSSR count). The van der Waals surface area contributed by atoms with Crippen molar-refractivity contribution in [3.8, 4) is 17.2 Å². The van der Waals surface area contributed by atoms with Crippen LogP contribution in [0, 0.1) is 6.92 Å². The number of imide groups is 1. The lowest BCUT2D eigenvalue weighted by atomic mass is 10.2. The number of fused-ring (bicyclic) bond motifs is 1. The van der Waals surface area contributed by atoms with Gasteiger partial charge in [0.25, 0.3) is 11.1 Å². The molecular formula is C23H16N2O4S2. The zero-order chi connectivity index (χ0) is 21.4. The lowest BCUT2D eigenvalue weighted by Gasteiger charge is -2.04. The quantitative estimate of drug-likeness (QED) is 0.391. The molecule has 0 unspecified atom stereocenters. The van der Waals surface area contributed by atoms with Crippen molar-refractivity contribution in [2.75, 3.05) is 0 Å². The highest BCUT2D eigenvalue weighted by atomic mass is 32.2. The van der Waals surface area contributed by atoms with Gasteiger partial charge in [-0.15, -0.1) is 11.3 Å². The number of thiophene rings is 1. The summed E-state index contributed by atoms with van der Waals surface area (Å²) in [6.07, 6.45) is 1.74. The molecular weight excluding hydrogens is 432 g/mol. The molecule has 8 heteroatoms. The fourth-order valence-electron chi connectivity index (χ4n) is 3.16. The maximum absolute atomic E-state index is 11.7. The SMILES string of the molecule is Cc1oc(-c2ccccc2)nc1COc1ccc2cc(C=C3SC(=O)NC3=O)sc2c1. The summed E-state index contributed by atoms with van der Waals surface area (Å²) in [4.78, 5) is 29.0. The van der Waals surface area contributed by atoms with E-state index in [4.69, 9.17) is 9.15 Å². The lowest BCUT2D eigenvalue weighted by molar-refractivity contribution is -0.115. The number of aryl methyl sites for hydroxylation is 1. The van der Waals surface area contributed by atoms with E-state index in [1.165, 1.54) is 11.3 Å². The summed E-state index contributed by atoms with van der Waals surface area (Å²) >= 11 is 2.45. The lowest BCUT2D eigenvalue weighted by Crippen LogP contribution is -2.17. The third kappa shape index (κ3) is 4.12.